The number of hydrogen-bond donors (Lipinski definition) is 2. The number of rotatable bonds is 8. The number of aryl methyl sites for hydroxylation is 2. The van der Waals surface area contributed by atoms with Gasteiger partial charge in [-0.3, -0.25) is 19.3 Å². The molecule has 0 saturated carbocycles. The number of carboxylic acids is 1. The van der Waals surface area contributed by atoms with E-state index in [1.54, 1.807) is 6.07 Å². The van der Waals surface area contributed by atoms with E-state index in [1.165, 1.54) is 24.8 Å². The first kappa shape index (κ1) is 24.4. The number of ether oxygens (including phenoxy) is 2. The van der Waals surface area contributed by atoms with Gasteiger partial charge in [0.2, 0.25) is 0 Å². The van der Waals surface area contributed by atoms with Crippen molar-refractivity contribution in [3.8, 4) is 5.75 Å². The molecule has 3 heterocycles. The second-order valence-electron chi connectivity index (χ2n) is 8.22. The van der Waals surface area contributed by atoms with Crippen molar-refractivity contribution in [1.82, 2.24) is 10.2 Å². The third kappa shape index (κ3) is 5.04. The van der Waals surface area contributed by atoms with E-state index in [9.17, 15) is 24.3 Å². The summed E-state index contributed by atoms with van der Waals surface area (Å²) in [6, 6.07) is 8.07. The van der Waals surface area contributed by atoms with Crippen LogP contribution >= 0.6 is 11.8 Å². The number of benzene rings is 1. The SMILES string of the molecule is CC(=O)OCC1=C(C(=O)O)N2C(=O)C(NC(=O)c3ccc(COc4cc(C)ccc4C)o3)C2SC1. The molecule has 184 valence electrons. The second-order valence-corrected chi connectivity index (χ2v) is 9.33. The molecule has 1 aromatic heterocycles. The third-order valence-corrected chi connectivity index (χ3v) is 6.92. The van der Waals surface area contributed by atoms with Gasteiger partial charge in [0.05, 0.1) is 0 Å². The number of fused-ring (bicyclic) bond motifs is 1. The lowest BCUT2D eigenvalue weighted by Crippen LogP contribution is -2.70. The number of β-lactam (4-membered cyclic amide) rings is 1. The van der Waals surface area contributed by atoms with Crippen LogP contribution in [0.2, 0.25) is 0 Å². The lowest BCUT2D eigenvalue weighted by Gasteiger charge is -2.49. The van der Waals surface area contributed by atoms with Gasteiger partial charge in [-0.1, -0.05) is 12.1 Å². The highest BCUT2D eigenvalue weighted by Crippen LogP contribution is 2.40. The Morgan fingerprint density at radius 2 is 1.97 bits per heavy atom. The normalized spacial score (nSPS) is 19.1. The van der Waals surface area contributed by atoms with Gasteiger partial charge in [-0.25, -0.2) is 4.79 Å². The number of carbonyl (C=O) groups is 4. The molecule has 2 unspecified atom stereocenters. The second kappa shape index (κ2) is 9.87. The van der Waals surface area contributed by atoms with Crippen LogP contribution in [-0.2, 0) is 25.7 Å². The predicted molar refractivity (Wildman–Crippen MR) is 125 cm³/mol. The largest absolute Gasteiger partial charge is 0.485 e. The summed E-state index contributed by atoms with van der Waals surface area (Å²) in [5.74, 6) is -1.57. The fourth-order valence-corrected chi connectivity index (χ4v) is 5.11. The summed E-state index contributed by atoms with van der Waals surface area (Å²) in [7, 11) is 0. The molecule has 1 aromatic carbocycles. The molecule has 2 atom stereocenters. The standard InChI is InChI=1S/C24H24N2O8S/c1-12-4-5-13(2)18(8-12)33-10-16-6-7-17(34-16)21(28)25-19-22(29)26-20(24(30)31)15(9-32-14(3)27)11-35-23(19)26/h4-8,19,23H,9-11H2,1-3H3,(H,25,28)(H,30,31). The highest BCUT2D eigenvalue weighted by molar-refractivity contribution is 8.00. The van der Waals surface area contributed by atoms with Crippen molar-refractivity contribution in [3.63, 3.8) is 0 Å². The van der Waals surface area contributed by atoms with E-state index in [1.807, 2.05) is 32.0 Å². The molecule has 10 nitrogen and oxygen atoms in total. The van der Waals surface area contributed by atoms with E-state index in [0.717, 1.165) is 21.8 Å². The zero-order valence-electron chi connectivity index (χ0n) is 19.3. The van der Waals surface area contributed by atoms with E-state index in [-0.39, 0.29) is 30.4 Å². The van der Waals surface area contributed by atoms with Crippen molar-refractivity contribution >= 4 is 35.5 Å². The van der Waals surface area contributed by atoms with Crippen LogP contribution < -0.4 is 10.1 Å². The van der Waals surface area contributed by atoms with Crippen LogP contribution in [0.15, 0.2) is 46.0 Å². The van der Waals surface area contributed by atoms with Crippen molar-refractivity contribution < 1.29 is 38.2 Å². The zero-order chi connectivity index (χ0) is 25.3. The van der Waals surface area contributed by atoms with Gasteiger partial charge >= 0.3 is 11.9 Å². The maximum absolute atomic E-state index is 12.7. The van der Waals surface area contributed by atoms with Gasteiger partial charge in [0.25, 0.3) is 11.8 Å². The average molecular weight is 501 g/mol. The topological polar surface area (TPSA) is 135 Å². The number of hydrogen-bond acceptors (Lipinski definition) is 8. The minimum atomic E-state index is -1.30. The van der Waals surface area contributed by atoms with Gasteiger partial charge in [-0.05, 0) is 43.2 Å². The Morgan fingerprint density at radius 1 is 1.20 bits per heavy atom. The Morgan fingerprint density at radius 3 is 2.69 bits per heavy atom. The van der Waals surface area contributed by atoms with Gasteiger partial charge < -0.3 is 24.3 Å². The van der Waals surface area contributed by atoms with E-state index < -0.39 is 35.2 Å². The van der Waals surface area contributed by atoms with Gasteiger partial charge in [0.15, 0.2) is 5.76 Å². The summed E-state index contributed by atoms with van der Waals surface area (Å²) >= 11 is 1.28. The summed E-state index contributed by atoms with van der Waals surface area (Å²) in [4.78, 5) is 49.4. The Hall–Kier alpha value is -3.73. The van der Waals surface area contributed by atoms with Crippen molar-refractivity contribution in [2.24, 2.45) is 0 Å². The molecule has 2 amide bonds. The molecule has 1 saturated heterocycles. The molecule has 2 aliphatic rings. The van der Waals surface area contributed by atoms with E-state index in [2.05, 4.69) is 5.32 Å². The van der Waals surface area contributed by atoms with Crippen molar-refractivity contribution in [2.45, 2.75) is 38.8 Å². The fourth-order valence-electron chi connectivity index (χ4n) is 3.78. The summed E-state index contributed by atoms with van der Waals surface area (Å²) in [5, 5.41) is 11.7. The summed E-state index contributed by atoms with van der Waals surface area (Å²) in [5.41, 5.74) is 2.15. The first-order valence-corrected chi connectivity index (χ1v) is 11.8. The van der Waals surface area contributed by atoms with E-state index in [4.69, 9.17) is 13.9 Å². The Balaban J connectivity index is 1.39. The number of amides is 2. The van der Waals surface area contributed by atoms with Crippen LogP contribution in [0.25, 0.3) is 0 Å². The number of nitrogens with zero attached hydrogens (tertiary/aromatic N) is 1. The van der Waals surface area contributed by atoms with Crippen LogP contribution in [-0.4, -0.2) is 57.5 Å². The van der Waals surface area contributed by atoms with Crippen molar-refractivity contribution in [3.05, 3.63) is 64.2 Å². The van der Waals surface area contributed by atoms with E-state index >= 15 is 0 Å². The zero-order valence-corrected chi connectivity index (χ0v) is 20.1. The van der Waals surface area contributed by atoms with E-state index in [0.29, 0.717) is 11.3 Å². The molecule has 2 aromatic rings. The fraction of sp³-hybridized carbons (Fsp3) is 0.333. The van der Waals surface area contributed by atoms with Crippen LogP contribution in [0.1, 0.15) is 34.4 Å². The monoisotopic (exact) mass is 500 g/mol. The number of furan rings is 1. The molecule has 1 fully saturated rings. The smallest absolute Gasteiger partial charge is 0.352 e. The minimum absolute atomic E-state index is 0.0150. The Bertz CT molecular complexity index is 1230. The summed E-state index contributed by atoms with van der Waals surface area (Å²) < 4.78 is 16.3. The number of carbonyl (C=O) groups excluding carboxylic acids is 3. The van der Waals surface area contributed by atoms with Crippen LogP contribution in [0.5, 0.6) is 5.75 Å². The van der Waals surface area contributed by atoms with Gasteiger partial charge in [0, 0.05) is 18.2 Å². The third-order valence-electron chi connectivity index (χ3n) is 5.59. The summed E-state index contributed by atoms with van der Waals surface area (Å²) in [6.07, 6.45) is 0. The molecule has 2 aliphatic heterocycles. The molecule has 4 rings (SSSR count). The lowest BCUT2D eigenvalue weighted by molar-refractivity contribution is -0.149. The molecular weight excluding hydrogens is 476 g/mol. The highest BCUT2D eigenvalue weighted by Gasteiger charge is 2.54. The van der Waals surface area contributed by atoms with Gasteiger partial charge in [-0.2, -0.15) is 0 Å². The molecule has 0 bridgehead atoms. The van der Waals surface area contributed by atoms with Crippen LogP contribution in [0, 0.1) is 13.8 Å². The number of thioether (sulfide) groups is 1. The molecule has 0 radical (unpaired) electrons. The van der Waals surface area contributed by atoms with Gasteiger partial charge in [0.1, 0.15) is 41.8 Å². The molecule has 2 N–H and O–H groups in total. The lowest BCUT2D eigenvalue weighted by atomic mass is 10.0. The molecule has 11 heteroatoms. The molecule has 0 aliphatic carbocycles. The Kier molecular flexibility index (Phi) is 6.88. The van der Waals surface area contributed by atoms with Crippen molar-refractivity contribution in [1.29, 1.82) is 0 Å². The number of carboxylic acid groups (broad SMARTS) is 1. The number of nitrogens with one attached hydrogen (secondary N) is 1. The first-order chi connectivity index (χ1) is 16.7. The van der Waals surface area contributed by atoms with Gasteiger partial charge in [-0.15, -0.1) is 11.8 Å². The highest BCUT2D eigenvalue weighted by atomic mass is 32.2. The summed E-state index contributed by atoms with van der Waals surface area (Å²) in [6.45, 7) is 5.03. The Labute approximate surface area is 205 Å². The van der Waals surface area contributed by atoms with Crippen LogP contribution in [0.3, 0.4) is 0 Å². The molecule has 35 heavy (non-hydrogen) atoms. The molecular formula is C24H24N2O8S. The maximum Gasteiger partial charge on any atom is 0.352 e. The maximum atomic E-state index is 12.7. The quantitative estimate of drug-likeness (QED) is 0.414. The average Bonchev–Trinajstić information content (AvgIpc) is 3.30. The van der Waals surface area contributed by atoms with Crippen LogP contribution in [0.4, 0.5) is 0 Å². The minimum Gasteiger partial charge on any atom is -0.485 e. The number of esters is 1. The molecule has 0 spiro atoms. The van der Waals surface area contributed by atoms with Crippen molar-refractivity contribution in [2.75, 3.05) is 12.4 Å². The number of aliphatic carboxylic acids is 1. The predicted octanol–water partition coefficient (Wildman–Crippen LogP) is 2.39. The first-order valence-electron chi connectivity index (χ1n) is 10.8.